The minimum atomic E-state index is -0.977. The van der Waals surface area contributed by atoms with Crippen molar-refractivity contribution in [1.82, 2.24) is 4.90 Å². The molecular formula is C13H13NO3. The molecule has 0 unspecified atom stereocenters. The Morgan fingerprint density at radius 1 is 1.35 bits per heavy atom. The molecule has 1 aromatic carbocycles. The second-order valence-electron chi connectivity index (χ2n) is 3.66. The van der Waals surface area contributed by atoms with Gasteiger partial charge in [0.15, 0.2) is 0 Å². The molecule has 0 radical (unpaired) electrons. The second-order valence-corrected chi connectivity index (χ2v) is 3.66. The molecule has 0 bridgehead atoms. The topological polar surface area (TPSA) is 49.8 Å². The van der Waals surface area contributed by atoms with Crippen molar-refractivity contribution in [3.8, 4) is 0 Å². The zero-order valence-electron chi connectivity index (χ0n) is 9.24. The fraction of sp³-hybridized carbons (Fsp3) is 0.154. The van der Waals surface area contributed by atoms with E-state index in [4.69, 9.17) is 9.84 Å². The van der Waals surface area contributed by atoms with Crippen molar-refractivity contribution < 1.29 is 14.6 Å². The number of amides is 1. The number of allylic oxidation sites excluding steroid dienone is 2. The van der Waals surface area contributed by atoms with Gasteiger partial charge in [-0.1, -0.05) is 30.3 Å². The first-order valence-corrected chi connectivity index (χ1v) is 5.29. The average molecular weight is 231 g/mol. The van der Waals surface area contributed by atoms with E-state index in [1.54, 1.807) is 12.2 Å². The Morgan fingerprint density at radius 2 is 2.12 bits per heavy atom. The number of hydrogen-bond donors (Lipinski definition) is 1. The predicted molar refractivity (Wildman–Crippen MR) is 63.2 cm³/mol. The molecule has 1 aromatic rings. The first-order chi connectivity index (χ1) is 8.25. The maximum Gasteiger partial charge on any atom is 0.411 e. The van der Waals surface area contributed by atoms with Crippen LogP contribution in [0.15, 0.2) is 54.4 Å². The monoisotopic (exact) mass is 231 g/mol. The third kappa shape index (κ3) is 3.11. The van der Waals surface area contributed by atoms with Gasteiger partial charge in [-0.3, -0.25) is 4.90 Å². The highest BCUT2D eigenvalue weighted by atomic mass is 16.5. The van der Waals surface area contributed by atoms with Crippen molar-refractivity contribution in [2.24, 2.45) is 0 Å². The zero-order valence-corrected chi connectivity index (χ0v) is 9.24. The van der Waals surface area contributed by atoms with Crippen LogP contribution in [-0.2, 0) is 11.3 Å². The zero-order chi connectivity index (χ0) is 12.1. The summed E-state index contributed by atoms with van der Waals surface area (Å²) in [4.78, 5) is 11.9. The summed E-state index contributed by atoms with van der Waals surface area (Å²) in [7, 11) is 0. The van der Waals surface area contributed by atoms with Gasteiger partial charge in [-0.25, -0.2) is 4.79 Å². The van der Waals surface area contributed by atoms with E-state index in [0.717, 1.165) is 5.56 Å². The fourth-order valence-electron chi connectivity index (χ4n) is 1.50. The molecule has 1 amide bonds. The van der Waals surface area contributed by atoms with Gasteiger partial charge in [0, 0.05) is 6.20 Å². The van der Waals surface area contributed by atoms with Gasteiger partial charge < -0.3 is 9.84 Å². The molecule has 1 aliphatic rings. The SMILES string of the molecule is O=C(O)N1C=CC=C(OCc2ccccc2)C1. The lowest BCUT2D eigenvalue weighted by Crippen LogP contribution is -2.28. The summed E-state index contributed by atoms with van der Waals surface area (Å²) in [6, 6.07) is 9.76. The number of benzene rings is 1. The van der Waals surface area contributed by atoms with Crippen LogP contribution in [0.2, 0.25) is 0 Å². The number of rotatable bonds is 3. The lowest BCUT2D eigenvalue weighted by atomic mass is 10.2. The minimum Gasteiger partial charge on any atom is -0.491 e. The van der Waals surface area contributed by atoms with Crippen molar-refractivity contribution in [2.75, 3.05) is 6.54 Å². The molecule has 17 heavy (non-hydrogen) atoms. The highest BCUT2D eigenvalue weighted by Crippen LogP contribution is 2.11. The Hall–Kier alpha value is -2.23. The Bertz CT molecular complexity index is 451. The first-order valence-electron chi connectivity index (χ1n) is 5.29. The number of ether oxygens (including phenoxy) is 1. The predicted octanol–water partition coefficient (Wildman–Crippen LogP) is 2.59. The highest BCUT2D eigenvalue weighted by molar-refractivity contribution is 5.67. The lowest BCUT2D eigenvalue weighted by Gasteiger charge is -2.20. The summed E-state index contributed by atoms with van der Waals surface area (Å²) < 4.78 is 5.55. The standard InChI is InChI=1S/C13H13NO3/c15-13(16)14-8-4-7-12(9-14)17-10-11-5-2-1-3-6-11/h1-8H,9-10H2,(H,15,16). The largest absolute Gasteiger partial charge is 0.491 e. The van der Waals surface area contributed by atoms with Crippen LogP contribution in [0.3, 0.4) is 0 Å². The van der Waals surface area contributed by atoms with E-state index in [1.807, 2.05) is 30.3 Å². The Balaban J connectivity index is 1.90. The highest BCUT2D eigenvalue weighted by Gasteiger charge is 2.14. The number of carboxylic acid groups (broad SMARTS) is 1. The quantitative estimate of drug-likeness (QED) is 0.869. The van der Waals surface area contributed by atoms with Crippen LogP contribution in [0, 0.1) is 0 Å². The summed E-state index contributed by atoms with van der Waals surface area (Å²) in [6.45, 7) is 0.715. The Morgan fingerprint density at radius 3 is 2.82 bits per heavy atom. The van der Waals surface area contributed by atoms with Gasteiger partial charge in [0.05, 0.1) is 6.54 Å². The normalized spacial score (nSPS) is 14.4. The minimum absolute atomic E-state index is 0.263. The molecule has 4 nitrogen and oxygen atoms in total. The second kappa shape index (κ2) is 5.21. The van der Waals surface area contributed by atoms with Crippen molar-refractivity contribution in [1.29, 1.82) is 0 Å². The summed E-state index contributed by atoms with van der Waals surface area (Å²) in [5, 5.41) is 8.83. The van der Waals surface area contributed by atoms with Crippen LogP contribution in [0.5, 0.6) is 0 Å². The maximum atomic E-state index is 10.8. The molecule has 0 fully saturated rings. The molecule has 2 rings (SSSR count). The molecule has 0 aliphatic carbocycles. The molecule has 0 spiro atoms. The molecule has 1 N–H and O–H groups in total. The Kier molecular flexibility index (Phi) is 3.45. The smallest absolute Gasteiger partial charge is 0.411 e. The van der Waals surface area contributed by atoms with E-state index >= 15 is 0 Å². The average Bonchev–Trinajstić information content (AvgIpc) is 2.38. The van der Waals surface area contributed by atoms with E-state index in [-0.39, 0.29) is 6.54 Å². The van der Waals surface area contributed by atoms with Gasteiger partial charge in [-0.2, -0.15) is 0 Å². The van der Waals surface area contributed by atoms with Crippen LogP contribution in [-0.4, -0.2) is 22.6 Å². The Labute approximate surface area is 99.4 Å². The van der Waals surface area contributed by atoms with E-state index in [2.05, 4.69) is 0 Å². The van der Waals surface area contributed by atoms with Crippen LogP contribution < -0.4 is 0 Å². The van der Waals surface area contributed by atoms with Crippen molar-refractivity contribution in [3.05, 3.63) is 60.0 Å². The van der Waals surface area contributed by atoms with Gasteiger partial charge in [0.2, 0.25) is 0 Å². The summed E-state index contributed by atoms with van der Waals surface area (Å²) >= 11 is 0. The molecule has 1 heterocycles. The maximum absolute atomic E-state index is 10.8. The third-order valence-corrected chi connectivity index (χ3v) is 2.39. The molecule has 0 atom stereocenters. The van der Waals surface area contributed by atoms with Crippen molar-refractivity contribution >= 4 is 6.09 Å². The molecule has 0 saturated heterocycles. The molecular weight excluding hydrogens is 218 g/mol. The van der Waals surface area contributed by atoms with Gasteiger partial charge in [0.1, 0.15) is 12.4 Å². The molecule has 88 valence electrons. The molecule has 0 saturated carbocycles. The summed E-state index contributed by atoms with van der Waals surface area (Å²) in [6.07, 6.45) is 3.98. The molecule has 4 heteroatoms. The first kappa shape index (κ1) is 11.3. The van der Waals surface area contributed by atoms with Crippen LogP contribution in [0.4, 0.5) is 4.79 Å². The van der Waals surface area contributed by atoms with Crippen LogP contribution in [0.25, 0.3) is 0 Å². The van der Waals surface area contributed by atoms with E-state index in [1.165, 1.54) is 11.1 Å². The van der Waals surface area contributed by atoms with E-state index in [0.29, 0.717) is 12.4 Å². The number of carbonyl (C=O) groups is 1. The fourth-order valence-corrected chi connectivity index (χ4v) is 1.50. The van der Waals surface area contributed by atoms with Gasteiger partial charge in [-0.05, 0) is 17.7 Å². The number of hydrogen-bond acceptors (Lipinski definition) is 2. The van der Waals surface area contributed by atoms with Gasteiger partial charge >= 0.3 is 6.09 Å². The molecule has 1 aliphatic heterocycles. The van der Waals surface area contributed by atoms with E-state index in [9.17, 15) is 4.79 Å². The number of nitrogens with zero attached hydrogens (tertiary/aromatic N) is 1. The van der Waals surface area contributed by atoms with Crippen LogP contribution in [0.1, 0.15) is 5.56 Å². The van der Waals surface area contributed by atoms with Crippen molar-refractivity contribution in [2.45, 2.75) is 6.61 Å². The van der Waals surface area contributed by atoms with Gasteiger partial charge in [-0.15, -0.1) is 0 Å². The van der Waals surface area contributed by atoms with E-state index < -0.39 is 6.09 Å². The van der Waals surface area contributed by atoms with Gasteiger partial charge in [0.25, 0.3) is 0 Å². The summed E-state index contributed by atoms with van der Waals surface area (Å²) in [5.41, 5.74) is 1.06. The summed E-state index contributed by atoms with van der Waals surface area (Å²) in [5.74, 6) is 0.652. The van der Waals surface area contributed by atoms with Crippen LogP contribution >= 0.6 is 0 Å². The lowest BCUT2D eigenvalue weighted by molar-refractivity contribution is 0.142. The van der Waals surface area contributed by atoms with Crippen molar-refractivity contribution in [3.63, 3.8) is 0 Å². The molecule has 0 aromatic heterocycles. The third-order valence-electron chi connectivity index (χ3n) is 2.39.